The molecule has 0 aromatic heterocycles. The van der Waals surface area contributed by atoms with Gasteiger partial charge in [-0.05, 0) is 23.7 Å². The van der Waals surface area contributed by atoms with E-state index < -0.39 is 0 Å². The van der Waals surface area contributed by atoms with Crippen molar-refractivity contribution in [3.05, 3.63) is 0 Å². The van der Waals surface area contributed by atoms with Crippen molar-refractivity contribution < 1.29 is 14.2 Å². The summed E-state index contributed by atoms with van der Waals surface area (Å²) >= 11 is 0. The van der Waals surface area contributed by atoms with Crippen LogP contribution in [0.25, 0.3) is 0 Å². The van der Waals surface area contributed by atoms with Gasteiger partial charge in [0.2, 0.25) is 6.04 Å². The van der Waals surface area contributed by atoms with Crippen LogP contribution in [0.3, 0.4) is 0 Å². The van der Waals surface area contributed by atoms with E-state index in [9.17, 15) is 0 Å². The zero-order valence-corrected chi connectivity index (χ0v) is 15.3. The fourth-order valence-corrected chi connectivity index (χ4v) is 1.81. The maximum atomic E-state index is 5.68. The highest BCUT2D eigenvalue weighted by Crippen LogP contribution is 2.18. The van der Waals surface area contributed by atoms with Crippen molar-refractivity contribution in [1.82, 2.24) is 0 Å². The molecule has 0 saturated carbocycles. The van der Waals surface area contributed by atoms with Gasteiger partial charge in [0, 0.05) is 18.3 Å². The van der Waals surface area contributed by atoms with E-state index in [0.29, 0.717) is 24.0 Å². The lowest BCUT2D eigenvalue weighted by Crippen LogP contribution is -2.20. The fraction of sp³-hybridized carbons (Fsp3) is 0.941. The zero-order chi connectivity index (χ0) is 16.6. The summed E-state index contributed by atoms with van der Waals surface area (Å²) in [6, 6.07) is 0.0505. The molecule has 0 saturated heterocycles. The molecule has 0 aromatic carbocycles. The summed E-state index contributed by atoms with van der Waals surface area (Å²) in [7, 11) is 0. The Bertz CT molecular complexity index is 378. The molecule has 0 aliphatic carbocycles. The minimum atomic E-state index is 0.0505. The fourth-order valence-electron chi connectivity index (χ4n) is 1.81. The Hall–Kier alpha value is -0.810. The summed E-state index contributed by atoms with van der Waals surface area (Å²) in [5.74, 6) is 0. The normalized spacial score (nSPS) is 18.8. The average molecular weight is 312 g/mol. The monoisotopic (exact) mass is 312 g/mol. The predicted octanol–water partition coefficient (Wildman–Crippen LogP) is 3.72. The lowest BCUT2D eigenvalue weighted by atomic mass is 9.93. The first-order chi connectivity index (χ1) is 10.2. The molecule has 0 spiro atoms. The Morgan fingerprint density at radius 2 is 1.50 bits per heavy atom. The van der Waals surface area contributed by atoms with Crippen LogP contribution in [0, 0.1) is 10.8 Å². The molecule has 0 N–H and O–H groups in total. The Labute approximate surface area is 135 Å². The van der Waals surface area contributed by atoms with Gasteiger partial charge >= 0.3 is 0 Å². The number of nitrogens with zero attached hydrogens (tertiary/aromatic N) is 3. The SMILES string of the molecule is CC(C)(C)CCOCC[N+]1=CC(COCCC(C)(C)C)N=N1. The van der Waals surface area contributed by atoms with Gasteiger partial charge in [-0.15, -0.1) is 4.68 Å². The third-order valence-corrected chi connectivity index (χ3v) is 3.41. The van der Waals surface area contributed by atoms with Gasteiger partial charge in [-0.1, -0.05) is 41.5 Å². The summed E-state index contributed by atoms with van der Waals surface area (Å²) in [4.78, 5) is 0. The van der Waals surface area contributed by atoms with Crippen molar-refractivity contribution in [1.29, 1.82) is 0 Å². The topological polar surface area (TPSA) is 46.2 Å². The van der Waals surface area contributed by atoms with Crippen LogP contribution in [0.1, 0.15) is 54.4 Å². The van der Waals surface area contributed by atoms with Gasteiger partial charge in [0.15, 0.2) is 0 Å². The molecule has 0 aromatic rings. The van der Waals surface area contributed by atoms with Crippen molar-refractivity contribution in [2.75, 3.05) is 33.0 Å². The van der Waals surface area contributed by atoms with Crippen LogP contribution in [-0.2, 0) is 9.47 Å². The van der Waals surface area contributed by atoms with E-state index in [1.54, 1.807) is 0 Å². The molecule has 0 radical (unpaired) electrons. The predicted molar refractivity (Wildman–Crippen MR) is 89.6 cm³/mol. The average Bonchev–Trinajstić information content (AvgIpc) is 2.80. The third-order valence-electron chi connectivity index (χ3n) is 3.41. The molecule has 22 heavy (non-hydrogen) atoms. The van der Waals surface area contributed by atoms with Crippen LogP contribution < -0.4 is 0 Å². The van der Waals surface area contributed by atoms with Crippen LogP contribution in [0.15, 0.2) is 10.3 Å². The largest absolute Gasteiger partial charge is 0.377 e. The summed E-state index contributed by atoms with van der Waals surface area (Å²) in [5.41, 5.74) is 0.645. The van der Waals surface area contributed by atoms with Crippen molar-refractivity contribution in [2.45, 2.75) is 60.4 Å². The summed E-state index contributed by atoms with van der Waals surface area (Å²) in [5, 5.41) is 8.34. The maximum absolute atomic E-state index is 5.68. The van der Waals surface area contributed by atoms with E-state index in [1.165, 1.54) is 0 Å². The highest BCUT2D eigenvalue weighted by molar-refractivity contribution is 5.59. The first kappa shape index (κ1) is 19.2. The van der Waals surface area contributed by atoms with E-state index in [4.69, 9.17) is 9.47 Å². The molecule has 128 valence electrons. The van der Waals surface area contributed by atoms with Crippen molar-refractivity contribution in [3.63, 3.8) is 0 Å². The van der Waals surface area contributed by atoms with Gasteiger partial charge in [-0.25, -0.2) is 0 Å². The van der Waals surface area contributed by atoms with Crippen LogP contribution >= 0.6 is 0 Å². The molecule has 5 heteroatoms. The van der Waals surface area contributed by atoms with E-state index in [0.717, 1.165) is 32.6 Å². The van der Waals surface area contributed by atoms with Gasteiger partial charge in [0.1, 0.15) is 24.6 Å². The zero-order valence-electron chi connectivity index (χ0n) is 15.3. The number of hydrogen-bond acceptors (Lipinski definition) is 4. The highest BCUT2D eigenvalue weighted by atomic mass is 16.5. The molecular formula is C17H34N3O2+. The Morgan fingerprint density at radius 3 is 2.09 bits per heavy atom. The molecule has 1 aliphatic rings. The number of hydrogen-bond donors (Lipinski definition) is 0. The second-order valence-corrected chi connectivity index (χ2v) is 8.39. The molecule has 5 nitrogen and oxygen atoms in total. The first-order valence-corrected chi connectivity index (χ1v) is 8.34. The van der Waals surface area contributed by atoms with Gasteiger partial charge in [0.05, 0.1) is 6.61 Å². The van der Waals surface area contributed by atoms with Gasteiger partial charge < -0.3 is 9.47 Å². The van der Waals surface area contributed by atoms with Gasteiger partial charge in [-0.3, -0.25) is 0 Å². The molecule has 1 atom stereocenters. The molecule has 0 bridgehead atoms. The smallest absolute Gasteiger partial charge is 0.245 e. The number of ether oxygens (including phenoxy) is 2. The van der Waals surface area contributed by atoms with E-state index in [1.807, 2.05) is 10.9 Å². The van der Waals surface area contributed by atoms with E-state index >= 15 is 0 Å². The molecule has 0 fully saturated rings. The minimum Gasteiger partial charge on any atom is -0.377 e. The lowest BCUT2D eigenvalue weighted by Gasteiger charge is -2.17. The third kappa shape index (κ3) is 10.0. The first-order valence-electron chi connectivity index (χ1n) is 8.34. The summed E-state index contributed by atoms with van der Waals surface area (Å²) in [6.45, 7) is 17.0. The highest BCUT2D eigenvalue weighted by Gasteiger charge is 2.22. The Morgan fingerprint density at radius 1 is 0.909 bits per heavy atom. The lowest BCUT2D eigenvalue weighted by molar-refractivity contribution is -0.534. The summed E-state index contributed by atoms with van der Waals surface area (Å²) < 4.78 is 13.2. The van der Waals surface area contributed by atoms with Crippen molar-refractivity contribution >= 4 is 6.21 Å². The van der Waals surface area contributed by atoms with Gasteiger partial charge in [-0.2, -0.15) is 0 Å². The minimum absolute atomic E-state index is 0.0505. The van der Waals surface area contributed by atoms with Crippen LogP contribution in [0.2, 0.25) is 0 Å². The van der Waals surface area contributed by atoms with Crippen LogP contribution in [-0.4, -0.2) is 49.9 Å². The Balaban J connectivity index is 2.09. The standard InChI is InChI=1S/C17H34N3O2/c1-16(2,3)7-10-21-12-9-20-13-15(18-19-20)14-22-11-8-17(4,5)6/h13,15H,7-12,14H2,1-6H3/q+1. The maximum Gasteiger partial charge on any atom is 0.245 e. The molecule has 1 unspecified atom stereocenters. The Kier molecular flexibility index (Phi) is 7.63. The summed E-state index contributed by atoms with van der Waals surface area (Å²) in [6.07, 6.45) is 4.15. The molecule has 1 aliphatic heterocycles. The second-order valence-electron chi connectivity index (χ2n) is 8.39. The number of rotatable bonds is 9. The quantitative estimate of drug-likeness (QED) is 0.481. The molecule has 1 heterocycles. The van der Waals surface area contributed by atoms with Gasteiger partial charge in [0.25, 0.3) is 0 Å². The van der Waals surface area contributed by atoms with E-state index in [2.05, 4.69) is 51.9 Å². The van der Waals surface area contributed by atoms with Crippen molar-refractivity contribution in [3.8, 4) is 0 Å². The molecular weight excluding hydrogens is 278 g/mol. The van der Waals surface area contributed by atoms with Crippen LogP contribution in [0.4, 0.5) is 0 Å². The molecule has 1 rings (SSSR count). The van der Waals surface area contributed by atoms with Crippen LogP contribution in [0.5, 0.6) is 0 Å². The molecule has 0 amide bonds. The van der Waals surface area contributed by atoms with Crippen molar-refractivity contribution in [2.24, 2.45) is 21.2 Å². The van der Waals surface area contributed by atoms with E-state index in [-0.39, 0.29) is 6.04 Å². The second kappa shape index (κ2) is 8.73.